The normalized spacial score (nSPS) is 13.9. The van der Waals surface area contributed by atoms with E-state index in [1.54, 1.807) is 25.3 Å². The Hall–Kier alpha value is -1.99. The first-order chi connectivity index (χ1) is 9.74. The molecule has 0 heterocycles. The Kier molecular flexibility index (Phi) is 5.03. The second-order valence-electron chi connectivity index (χ2n) is 4.93. The van der Waals surface area contributed by atoms with Crippen LogP contribution in [0.25, 0.3) is 0 Å². The number of carbonyl (C=O) groups excluding carboxylic acids is 1. The first-order valence-corrected chi connectivity index (χ1v) is 6.89. The number of amides is 1. The summed E-state index contributed by atoms with van der Waals surface area (Å²) >= 11 is 0. The summed E-state index contributed by atoms with van der Waals surface area (Å²) in [6, 6.07) is 5.26. The van der Waals surface area contributed by atoms with Gasteiger partial charge >= 0.3 is 0 Å². The Labute approximate surface area is 119 Å². The van der Waals surface area contributed by atoms with E-state index < -0.39 is 0 Å². The molecule has 0 atom stereocenters. The number of hydrogen-bond acceptors (Lipinski definition) is 3. The summed E-state index contributed by atoms with van der Waals surface area (Å²) in [5.74, 6) is 6.95. The van der Waals surface area contributed by atoms with Gasteiger partial charge in [-0.1, -0.05) is 18.3 Å². The molecule has 1 aliphatic rings. The van der Waals surface area contributed by atoms with E-state index >= 15 is 0 Å². The van der Waals surface area contributed by atoms with Crippen molar-refractivity contribution in [3.63, 3.8) is 0 Å². The van der Waals surface area contributed by atoms with Crippen LogP contribution in [-0.4, -0.2) is 26.1 Å². The molecule has 0 radical (unpaired) electrons. The van der Waals surface area contributed by atoms with Crippen LogP contribution in [0.15, 0.2) is 18.2 Å². The lowest BCUT2D eigenvalue weighted by atomic mass is 9.85. The van der Waals surface area contributed by atoms with E-state index in [1.165, 1.54) is 19.3 Å². The van der Waals surface area contributed by atoms with Crippen LogP contribution in [0.4, 0.5) is 0 Å². The summed E-state index contributed by atoms with van der Waals surface area (Å²) in [4.78, 5) is 12.1. The number of hydrogen-bond donors (Lipinski definition) is 2. The van der Waals surface area contributed by atoms with E-state index in [4.69, 9.17) is 10.5 Å². The van der Waals surface area contributed by atoms with Crippen molar-refractivity contribution in [1.82, 2.24) is 5.32 Å². The molecule has 1 aromatic rings. The first kappa shape index (κ1) is 14.4. The van der Waals surface area contributed by atoms with E-state index in [-0.39, 0.29) is 12.5 Å². The number of ether oxygens (including phenoxy) is 1. The Morgan fingerprint density at radius 2 is 2.30 bits per heavy atom. The molecule has 1 aliphatic carbocycles. The number of nitrogens with two attached hydrogens (primary N) is 1. The van der Waals surface area contributed by atoms with E-state index in [2.05, 4.69) is 17.2 Å². The molecular formula is C16H20N2O2. The number of nitrogens with one attached hydrogen (secondary N) is 1. The van der Waals surface area contributed by atoms with Crippen molar-refractivity contribution in [2.24, 2.45) is 11.7 Å². The van der Waals surface area contributed by atoms with E-state index in [9.17, 15) is 4.79 Å². The predicted octanol–water partition coefficient (Wildman–Crippen LogP) is 1.54. The monoisotopic (exact) mass is 272 g/mol. The molecule has 0 unspecified atom stereocenters. The summed E-state index contributed by atoms with van der Waals surface area (Å²) in [5.41, 5.74) is 6.67. The third kappa shape index (κ3) is 3.52. The molecule has 3 N–H and O–H groups in total. The maximum absolute atomic E-state index is 12.1. The molecular weight excluding hydrogens is 252 g/mol. The van der Waals surface area contributed by atoms with Crippen LogP contribution in [0.1, 0.15) is 35.2 Å². The van der Waals surface area contributed by atoms with Gasteiger partial charge in [0.25, 0.3) is 5.91 Å². The zero-order valence-electron chi connectivity index (χ0n) is 11.7. The van der Waals surface area contributed by atoms with Crippen molar-refractivity contribution < 1.29 is 9.53 Å². The molecule has 1 saturated carbocycles. The maximum atomic E-state index is 12.1. The van der Waals surface area contributed by atoms with Gasteiger partial charge in [0, 0.05) is 12.1 Å². The smallest absolute Gasteiger partial charge is 0.251 e. The van der Waals surface area contributed by atoms with Crippen molar-refractivity contribution >= 4 is 5.91 Å². The highest BCUT2D eigenvalue weighted by atomic mass is 16.5. The second kappa shape index (κ2) is 6.97. The lowest BCUT2D eigenvalue weighted by Crippen LogP contribution is -2.32. The Bertz CT molecular complexity index is 539. The van der Waals surface area contributed by atoms with E-state index in [0.29, 0.717) is 22.8 Å². The third-order valence-corrected chi connectivity index (χ3v) is 3.56. The Morgan fingerprint density at radius 1 is 1.50 bits per heavy atom. The molecule has 2 rings (SSSR count). The Morgan fingerprint density at radius 3 is 2.90 bits per heavy atom. The van der Waals surface area contributed by atoms with Crippen molar-refractivity contribution in [2.45, 2.75) is 19.3 Å². The first-order valence-electron chi connectivity index (χ1n) is 6.89. The molecule has 0 saturated heterocycles. The van der Waals surface area contributed by atoms with Gasteiger partial charge in [0.1, 0.15) is 5.75 Å². The molecule has 1 fully saturated rings. The second-order valence-corrected chi connectivity index (χ2v) is 4.93. The molecule has 0 aromatic heterocycles. The highest BCUT2D eigenvalue weighted by molar-refractivity contribution is 5.94. The fourth-order valence-corrected chi connectivity index (χ4v) is 2.13. The quantitative estimate of drug-likeness (QED) is 0.817. The van der Waals surface area contributed by atoms with Gasteiger partial charge in [-0.15, -0.1) is 0 Å². The maximum Gasteiger partial charge on any atom is 0.251 e. The minimum absolute atomic E-state index is 0.0599. The standard InChI is InChI=1S/C16H20N2O2/c1-20-15-8-7-14(10-13(15)6-3-9-17)16(19)18-11-12-4-2-5-12/h7-8,10,12H,2,4-5,9,11,17H2,1H3,(H,18,19). The highest BCUT2D eigenvalue weighted by Gasteiger charge is 2.18. The van der Waals surface area contributed by atoms with Gasteiger partial charge in [0.15, 0.2) is 0 Å². The fourth-order valence-electron chi connectivity index (χ4n) is 2.13. The molecule has 1 amide bonds. The Balaban J connectivity index is 2.08. The lowest BCUT2D eigenvalue weighted by Gasteiger charge is -2.25. The van der Waals surface area contributed by atoms with Gasteiger partial charge in [-0.25, -0.2) is 0 Å². The third-order valence-electron chi connectivity index (χ3n) is 3.56. The molecule has 20 heavy (non-hydrogen) atoms. The lowest BCUT2D eigenvalue weighted by molar-refractivity contribution is 0.0939. The zero-order valence-corrected chi connectivity index (χ0v) is 11.7. The van der Waals surface area contributed by atoms with Crippen molar-refractivity contribution in [3.05, 3.63) is 29.3 Å². The zero-order chi connectivity index (χ0) is 14.4. The van der Waals surface area contributed by atoms with E-state index in [1.807, 2.05) is 0 Å². The summed E-state index contributed by atoms with van der Waals surface area (Å²) in [6.07, 6.45) is 3.72. The molecule has 4 nitrogen and oxygen atoms in total. The molecule has 106 valence electrons. The number of methoxy groups -OCH3 is 1. The molecule has 0 aliphatic heterocycles. The molecule has 0 bridgehead atoms. The largest absolute Gasteiger partial charge is 0.495 e. The van der Waals surface area contributed by atoms with Crippen molar-refractivity contribution in [1.29, 1.82) is 0 Å². The van der Waals surface area contributed by atoms with Gasteiger partial charge in [-0.05, 0) is 37.0 Å². The predicted molar refractivity (Wildman–Crippen MR) is 78.6 cm³/mol. The van der Waals surface area contributed by atoms with Crippen molar-refractivity contribution in [2.75, 3.05) is 20.2 Å². The fraction of sp³-hybridized carbons (Fsp3) is 0.438. The molecule has 0 spiro atoms. The van der Waals surface area contributed by atoms with Gasteiger partial charge in [-0.3, -0.25) is 4.79 Å². The number of carbonyl (C=O) groups is 1. The number of rotatable bonds is 4. The molecule has 4 heteroatoms. The van der Waals surface area contributed by atoms with Gasteiger partial charge in [0.2, 0.25) is 0 Å². The summed E-state index contributed by atoms with van der Waals surface area (Å²) in [7, 11) is 1.58. The van der Waals surface area contributed by atoms with Gasteiger partial charge in [-0.2, -0.15) is 0 Å². The summed E-state index contributed by atoms with van der Waals surface area (Å²) < 4.78 is 5.23. The average Bonchev–Trinajstić information content (AvgIpc) is 2.42. The highest BCUT2D eigenvalue weighted by Crippen LogP contribution is 2.25. The van der Waals surface area contributed by atoms with E-state index in [0.717, 1.165) is 6.54 Å². The minimum Gasteiger partial charge on any atom is -0.495 e. The van der Waals surface area contributed by atoms with Crippen molar-refractivity contribution in [3.8, 4) is 17.6 Å². The van der Waals surface area contributed by atoms with Crippen LogP contribution in [-0.2, 0) is 0 Å². The van der Waals surface area contributed by atoms with Crippen LogP contribution in [0.5, 0.6) is 5.75 Å². The number of benzene rings is 1. The van der Waals surface area contributed by atoms with Gasteiger partial charge in [0.05, 0.1) is 19.2 Å². The molecule has 1 aromatic carbocycles. The van der Waals surface area contributed by atoms with Crippen LogP contribution in [0.2, 0.25) is 0 Å². The van der Waals surface area contributed by atoms with Gasteiger partial charge < -0.3 is 15.8 Å². The average molecular weight is 272 g/mol. The van der Waals surface area contributed by atoms with Crippen LogP contribution < -0.4 is 15.8 Å². The topological polar surface area (TPSA) is 64.3 Å². The summed E-state index contributed by atoms with van der Waals surface area (Å²) in [6.45, 7) is 1.04. The minimum atomic E-state index is -0.0599. The van der Waals surface area contributed by atoms with Crippen LogP contribution in [0, 0.1) is 17.8 Å². The van der Waals surface area contributed by atoms with Crippen LogP contribution >= 0.6 is 0 Å². The summed E-state index contributed by atoms with van der Waals surface area (Å²) in [5, 5.41) is 2.97. The van der Waals surface area contributed by atoms with Crippen LogP contribution in [0.3, 0.4) is 0 Å². The SMILES string of the molecule is COc1ccc(C(=O)NCC2CCC2)cc1C#CCN.